The first-order chi connectivity index (χ1) is 23.7. The van der Waals surface area contributed by atoms with E-state index in [9.17, 15) is 0 Å². The summed E-state index contributed by atoms with van der Waals surface area (Å²) >= 11 is 0. The zero-order valence-corrected chi connectivity index (χ0v) is 28.4. The van der Waals surface area contributed by atoms with Gasteiger partial charge < -0.3 is 4.90 Å². The number of benzene rings is 5. The standard InChI is InChI=1S/C47H49N/c1-2-10-28-47(27-9-1,41-13-7-4-8-14-41)42-19-25-45(26-20-42)48(43-21-15-39(16-22-43)38-11-5-3-6-12-38)44-23-17-40(18-24-44)46-32-35-29-36(33-46)31-37(30-35)34-46/h3-8,11-26,35-37H,1-2,9-10,27-34H2. The molecule has 48 heavy (non-hydrogen) atoms. The minimum atomic E-state index is 0.0952. The van der Waals surface area contributed by atoms with Gasteiger partial charge in [-0.3, -0.25) is 0 Å². The molecule has 5 aliphatic carbocycles. The van der Waals surface area contributed by atoms with Gasteiger partial charge in [-0.05, 0) is 139 Å². The van der Waals surface area contributed by atoms with Crippen molar-refractivity contribution in [2.24, 2.45) is 17.8 Å². The molecule has 242 valence electrons. The van der Waals surface area contributed by atoms with Crippen LogP contribution in [-0.2, 0) is 10.8 Å². The molecule has 0 saturated heterocycles. The maximum absolute atomic E-state index is 2.50. The average molecular weight is 628 g/mol. The third-order valence-electron chi connectivity index (χ3n) is 13.0. The van der Waals surface area contributed by atoms with Gasteiger partial charge in [0.1, 0.15) is 0 Å². The number of rotatable bonds is 7. The molecule has 1 heteroatoms. The molecule has 5 aromatic rings. The summed E-state index contributed by atoms with van der Waals surface area (Å²) in [4.78, 5) is 2.48. The summed E-state index contributed by atoms with van der Waals surface area (Å²) in [6, 6.07) is 50.8. The third-order valence-corrected chi connectivity index (χ3v) is 13.0. The lowest BCUT2D eigenvalue weighted by atomic mass is 9.48. The van der Waals surface area contributed by atoms with Gasteiger partial charge in [-0.2, -0.15) is 0 Å². The zero-order chi connectivity index (χ0) is 32.0. The predicted octanol–water partition coefficient (Wildman–Crippen LogP) is 12.9. The van der Waals surface area contributed by atoms with Crippen molar-refractivity contribution in [1.29, 1.82) is 0 Å². The Morgan fingerprint density at radius 1 is 0.396 bits per heavy atom. The fraction of sp³-hybridized carbons (Fsp3) is 0.362. The molecule has 0 aromatic heterocycles. The first-order valence-electron chi connectivity index (χ1n) is 18.9. The molecule has 10 rings (SSSR count). The molecule has 4 bridgehead atoms. The summed E-state index contributed by atoms with van der Waals surface area (Å²) in [5, 5.41) is 0. The number of hydrogen-bond donors (Lipinski definition) is 0. The van der Waals surface area contributed by atoms with Gasteiger partial charge >= 0.3 is 0 Å². The maximum Gasteiger partial charge on any atom is 0.0462 e. The van der Waals surface area contributed by atoms with Crippen molar-refractivity contribution in [2.75, 3.05) is 4.90 Å². The summed E-state index contributed by atoms with van der Waals surface area (Å²) in [6.45, 7) is 0. The smallest absolute Gasteiger partial charge is 0.0462 e. The normalized spacial score (nSPS) is 25.8. The molecule has 0 radical (unpaired) electrons. The number of nitrogens with zero attached hydrogens (tertiary/aromatic N) is 1. The van der Waals surface area contributed by atoms with Gasteiger partial charge in [0.25, 0.3) is 0 Å². The number of anilines is 3. The van der Waals surface area contributed by atoms with Gasteiger partial charge in [-0.15, -0.1) is 0 Å². The van der Waals surface area contributed by atoms with E-state index in [1.165, 1.54) is 116 Å². The first-order valence-corrected chi connectivity index (χ1v) is 18.9. The fourth-order valence-corrected chi connectivity index (χ4v) is 11.1. The van der Waals surface area contributed by atoms with Crippen LogP contribution < -0.4 is 4.90 Å². The number of hydrogen-bond acceptors (Lipinski definition) is 1. The molecular formula is C47H49N. The van der Waals surface area contributed by atoms with Crippen LogP contribution in [0.25, 0.3) is 11.1 Å². The third kappa shape index (κ3) is 5.40. The maximum atomic E-state index is 2.50. The van der Waals surface area contributed by atoms with Crippen LogP contribution in [0.4, 0.5) is 17.1 Å². The second-order valence-corrected chi connectivity index (χ2v) is 15.9. The van der Waals surface area contributed by atoms with E-state index in [-0.39, 0.29) is 5.41 Å². The summed E-state index contributed by atoms with van der Waals surface area (Å²) in [6.07, 6.45) is 16.5. The molecule has 0 N–H and O–H groups in total. The van der Waals surface area contributed by atoms with E-state index in [4.69, 9.17) is 0 Å². The quantitative estimate of drug-likeness (QED) is 0.162. The molecule has 5 aromatic carbocycles. The van der Waals surface area contributed by atoms with Crippen LogP contribution in [0.3, 0.4) is 0 Å². The zero-order valence-electron chi connectivity index (χ0n) is 28.4. The molecule has 5 fully saturated rings. The molecule has 0 amide bonds. The summed E-state index contributed by atoms with van der Waals surface area (Å²) in [5.41, 5.74) is 11.3. The summed E-state index contributed by atoms with van der Waals surface area (Å²) < 4.78 is 0. The van der Waals surface area contributed by atoms with Gasteiger partial charge in [-0.1, -0.05) is 123 Å². The SMILES string of the molecule is c1ccc(-c2ccc(N(c3ccc(C45CC6CC(CC(C6)C4)C5)cc3)c3ccc(C4(c5ccccc5)CCCCCC4)cc3)cc2)cc1. The molecule has 0 atom stereocenters. The second-order valence-electron chi connectivity index (χ2n) is 15.9. The lowest BCUT2D eigenvalue weighted by Gasteiger charge is -2.57. The Kier molecular flexibility index (Phi) is 7.76. The van der Waals surface area contributed by atoms with Gasteiger partial charge in [0, 0.05) is 22.5 Å². The Bertz CT molecular complexity index is 1780. The largest absolute Gasteiger partial charge is 0.311 e. The van der Waals surface area contributed by atoms with Crippen molar-refractivity contribution in [3.05, 3.63) is 150 Å². The van der Waals surface area contributed by atoms with E-state index in [1.807, 2.05) is 0 Å². The van der Waals surface area contributed by atoms with Crippen molar-refractivity contribution in [3.63, 3.8) is 0 Å². The van der Waals surface area contributed by atoms with E-state index in [2.05, 4.69) is 138 Å². The van der Waals surface area contributed by atoms with Crippen molar-refractivity contribution in [1.82, 2.24) is 0 Å². The first kappa shape index (κ1) is 30.0. The van der Waals surface area contributed by atoms with Crippen molar-refractivity contribution < 1.29 is 0 Å². The minimum absolute atomic E-state index is 0.0952. The topological polar surface area (TPSA) is 3.24 Å². The van der Waals surface area contributed by atoms with Gasteiger partial charge in [0.2, 0.25) is 0 Å². The van der Waals surface area contributed by atoms with E-state index in [0.29, 0.717) is 5.41 Å². The Morgan fingerprint density at radius 3 is 1.33 bits per heavy atom. The molecule has 0 spiro atoms. The summed E-state index contributed by atoms with van der Waals surface area (Å²) in [5.74, 6) is 2.88. The summed E-state index contributed by atoms with van der Waals surface area (Å²) in [7, 11) is 0. The van der Waals surface area contributed by atoms with Crippen molar-refractivity contribution >= 4 is 17.1 Å². The van der Waals surface area contributed by atoms with E-state index >= 15 is 0 Å². The Hall–Kier alpha value is -4.10. The van der Waals surface area contributed by atoms with Crippen LogP contribution in [0.15, 0.2) is 133 Å². The van der Waals surface area contributed by atoms with Crippen LogP contribution >= 0.6 is 0 Å². The lowest BCUT2D eigenvalue weighted by molar-refractivity contribution is -0.00518. The van der Waals surface area contributed by atoms with Crippen molar-refractivity contribution in [3.8, 4) is 11.1 Å². The molecule has 0 heterocycles. The van der Waals surface area contributed by atoms with Crippen LogP contribution in [0.5, 0.6) is 0 Å². The molecule has 5 saturated carbocycles. The highest BCUT2D eigenvalue weighted by molar-refractivity contribution is 5.78. The average Bonchev–Trinajstić information content (AvgIpc) is 3.40. The van der Waals surface area contributed by atoms with Gasteiger partial charge in [0.15, 0.2) is 0 Å². The lowest BCUT2D eigenvalue weighted by Crippen LogP contribution is -2.48. The van der Waals surface area contributed by atoms with Crippen LogP contribution in [0, 0.1) is 17.8 Å². The Labute approximate surface area is 288 Å². The minimum Gasteiger partial charge on any atom is -0.311 e. The van der Waals surface area contributed by atoms with Crippen LogP contribution in [0.1, 0.15) is 93.7 Å². The Balaban J connectivity index is 1.09. The van der Waals surface area contributed by atoms with Crippen LogP contribution in [0.2, 0.25) is 0 Å². The van der Waals surface area contributed by atoms with E-state index in [1.54, 1.807) is 5.56 Å². The van der Waals surface area contributed by atoms with Gasteiger partial charge in [-0.25, -0.2) is 0 Å². The highest BCUT2D eigenvalue weighted by Crippen LogP contribution is 2.61. The van der Waals surface area contributed by atoms with Crippen LogP contribution in [-0.4, -0.2) is 0 Å². The van der Waals surface area contributed by atoms with Crippen molar-refractivity contribution in [2.45, 2.75) is 87.9 Å². The molecule has 1 nitrogen and oxygen atoms in total. The molecule has 0 aliphatic heterocycles. The highest BCUT2D eigenvalue weighted by atomic mass is 15.1. The highest BCUT2D eigenvalue weighted by Gasteiger charge is 2.51. The fourth-order valence-electron chi connectivity index (χ4n) is 11.1. The second kappa shape index (κ2) is 12.4. The molecular weight excluding hydrogens is 579 g/mol. The predicted molar refractivity (Wildman–Crippen MR) is 201 cm³/mol. The monoisotopic (exact) mass is 627 g/mol. The Morgan fingerprint density at radius 2 is 0.812 bits per heavy atom. The van der Waals surface area contributed by atoms with Gasteiger partial charge in [0.05, 0.1) is 0 Å². The molecule has 0 unspecified atom stereocenters. The molecule has 5 aliphatic rings. The van der Waals surface area contributed by atoms with E-state index in [0.717, 1.165) is 17.8 Å². The van der Waals surface area contributed by atoms with E-state index < -0.39 is 0 Å².